The normalized spacial score (nSPS) is 10.7. The molecule has 0 fully saturated rings. The Hall–Kier alpha value is -0.830. The molecule has 1 N–H and O–H groups in total. The number of hydrogen-bond acceptors (Lipinski definition) is 3. The highest BCUT2D eigenvalue weighted by molar-refractivity contribution is 5.81. The minimum absolute atomic E-state index is 0.471. The van der Waals surface area contributed by atoms with Crippen LogP contribution in [0.2, 0.25) is 0 Å². The number of allylic oxidation sites excluding steroid dienone is 1. The molecule has 0 aromatic heterocycles. The second kappa shape index (κ2) is 10.3. The largest absolute Gasteiger partial charge is 0.436 e. The Morgan fingerprint density at radius 2 is 2.00 bits per heavy atom. The van der Waals surface area contributed by atoms with Gasteiger partial charge in [0.1, 0.15) is 0 Å². The first-order valence-electron chi connectivity index (χ1n) is 5.25. The maximum Gasteiger partial charge on any atom is 0.332 e. The fourth-order valence-electron chi connectivity index (χ4n) is 1.16. The fraction of sp³-hybridized carbons (Fsp3) is 0.727. The van der Waals surface area contributed by atoms with Crippen molar-refractivity contribution in [3.05, 3.63) is 12.2 Å². The molecular formula is C11H20O3. The van der Waals surface area contributed by atoms with E-state index in [-0.39, 0.29) is 0 Å². The van der Waals surface area contributed by atoms with Crippen LogP contribution >= 0.6 is 0 Å². The van der Waals surface area contributed by atoms with Crippen LogP contribution in [-0.4, -0.2) is 17.9 Å². The van der Waals surface area contributed by atoms with Crippen LogP contribution in [0.3, 0.4) is 0 Å². The lowest BCUT2D eigenvalue weighted by atomic mass is 10.1. The molecule has 0 heterocycles. The molecule has 82 valence electrons. The first kappa shape index (κ1) is 13.2. The third-order valence-corrected chi connectivity index (χ3v) is 1.94. The summed E-state index contributed by atoms with van der Waals surface area (Å²) in [4.78, 5) is 10.7. The maximum absolute atomic E-state index is 10.7. The van der Waals surface area contributed by atoms with Crippen molar-refractivity contribution in [3.63, 3.8) is 0 Å². The average molecular weight is 200 g/mol. The number of rotatable bonds is 8. The fourth-order valence-corrected chi connectivity index (χ4v) is 1.16. The predicted molar refractivity (Wildman–Crippen MR) is 55.7 cm³/mol. The second-order valence-electron chi connectivity index (χ2n) is 3.20. The molecule has 0 unspecified atom stereocenters. The quantitative estimate of drug-likeness (QED) is 0.283. The molecular weight excluding hydrogens is 180 g/mol. The molecule has 0 saturated carbocycles. The summed E-state index contributed by atoms with van der Waals surface area (Å²) in [6.07, 6.45) is 10.2. The van der Waals surface area contributed by atoms with E-state index in [0.29, 0.717) is 0 Å². The molecule has 0 aliphatic rings. The maximum atomic E-state index is 10.7. The van der Waals surface area contributed by atoms with Crippen LogP contribution < -0.4 is 0 Å². The molecule has 3 nitrogen and oxygen atoms in total. The predicted octanol–water partition coefficient (Wildman–Crippen LogP) is 2.40. The molecule has 0 aromatic carbocycles. The Morgan fingerprint density at radius 3 is 2.64 bits per heavy atom. The highest BCUT2D eigenvalue weighted by atomic mass is 16.6. The van der Waals surface area contributed by atoms with Crippen molar-refractivity contribution in [2.75, 3.05) is 6.79 Å². The Labute approximate surface area is 85.8 Å². The summed E-state index contributed by atoms with van der Waals surface area (Å²) in [5.41, 5.74) is 0. The van der Waals surface area contributed by atoms with Gasteiger partial charge in [0, 0.05) is 6.08 Å². The van der Waals surface area contributed by atoms with E-state index in [4.69, 9.17) is 5.11 Å². The zero-order valence-electron chi connectivity index (χ0n) is 8.87. The highest BCUT2D eigenvalue weighted by Crippen LogP contribution is 2.05. The van der Waals surface area contributed by atoms with Gasteiger partial charge in [-0.25, -0.2) is 4.79 Å². The van der Waals surface area contributed by atoms with Gasteiger partial charge >= 0.3 is 5.97 Å². The smallest absolute Gasteiger partial charge is 0.332 e. The number of aliphatic hydroxyl groups is 1. The molecule has 0 atom stereocenters. The first-order chi connectivity index (χ1) is 6.81. The summed E-state index contributed by atoms with van der Waals surface area (Å²) in [7, 11) is 0. The molecule has 0 radical (unpaired) electrons. The van der Waals surface area contributed by atoms with Gasteiger partial charge in [0.15, 0.2) is 6.79 Å². The summed E-state index contributed by atoms with van der Waals surface area (Å²) in [5.74, 6) is -0.471. The van der Waals surface area contributed by atoms with Crippen molar-refractivity contribution >= 4 is 5.97 Å². The Morgan fingerprint density at radius 1 is 1.29 bits per heavy atom. The molecule has 0 spiro atoms. The monoisotopic (exact) mass is 200 g/mol. The first-order valence-corrected chi connectivity index (χ1v) is 5.25. The topological polar surface area (TPSA) is 46.5 Å². The van der Waals surface area contributed by atoms with E-state index in [0.717, 1.165) is 12.8 Å². The highest BCUT2D eigenvalue weighted by Gasteiger charge is 1.92. The standard InChI is InChI=1S/C11H20O3/c1-2-3-4-5-6-7-8-9-11(13)14-10-12/h8-9,12H,2-7,10H2,1H3/b9-8+. The lowest BCUT2D eigenvalue weighted by molar-refractivity contribution is -0.145. The Kier molecular flexibility index (Phi) is 9.64. The van der Waals surface area contributed by atoms with E-state index in [1.807, 2.05) is 0 Å². The molecule has 0 rings (SSSR count). The van der Waals surface area contributed by atoms with E-state index >= 15 is 0 Å². The van der Waals surface area contributed by atoms with Gasteiger partial charge in [-0.15, -0.1) is 0 Å². The summed E-state index contributed by atoms with van der Waals surface area (Å²) in [6.45, 7) is 1.64. The van der Waals surface area contributed by atoms with Crippen molar-refractivity contribution in [1.82, 2.24) is 0 Å². The summed E-state index contributed by atoms with van der Waals surface area (Å²) >= 11 is 0. The zero-order chi connectivity index (χ0) is 10.6. The Bertz CT molecular complexity index is 164. The number of unbranched alkanes of at least 4 members (excludes halogenated alkanes) is 5. The van der Waals surface area contributed by atoms with E-state index in [1.54, 1.807) is 6.08 Å². The number of carbonyl (C=O) groups is 1. The number of carbonyl (C=O) groups excluding carboxylic acids is 1. The molecule has 0 aliphatic heterocycles. The van der Waals surface area contributed by atoms with E-state index < -0.39 is 12.8 Å². The van der Waals surface area contributed by atoms with Crippen LogP contribution in [0, 0.1) is 0 Å². The molecule has 0 amide bonds. The van der Waals surface area contributed by atoms with Gasteiger partial charge in [-0.1, -0.05) is 38.7 Å². The van der Waals surface area contributed by atoms with Crippen LogP contribution in [-0.2, 0) is 9.53 Å². The molecule has 14 heavy (non-hydrogen) atoms. The van der Waals surface area contributed by atoms with E-state index in [2.05, 4.69) is 11.7 Å². The minimum Gasteiger partial charge on any atom is -0.436 e. The van der Waals surface area contributed by atoms with Crippen molar-refractivity contribution in [2.45, 2.75) is 45.4 Å². The summed E-state index contributed by atoms with van der Waals surface area (Å²) in [5, 5.41) is 8.26. The molecule has 0 bridgehead atoms. The minimum atomic E-state index is -0.542. The Balaban J connectivity index is 3.22. The lowest BCUT2D eigenvalue weighted by Gasteiger charge is -1.96. The number of hydrogen-bond donors (Lipinski definition) is 1. The SMILES string of the molecule is CCCCCCC/C=C/C(=O)OCO. The molecule has 3 heteroatoms. The third-order valence-electron chi connectivity index (χ3n) is 1.94. The van der Waals surface area contributed by atoms with Gasteiger partial charge in [0.05, 0.1) is 0 Å². The van der Waals surface area contributed by atoms with Crippen LogP contribution in [0.15, 0.2) is 12.2 Å². The number of esters is 1. The number of aliphatic hydroxyl groups excluding tert-OH is 1. The zero-order valence-corrected chi connectivity index (χ0v) is 8.87. The van der Waals surface area contributed by atoms with Crippen molar-refractivity contribution in [2.24, 2.45) is 0 Å². The summed E-state index contributed by atoms with van der Waals surface area (Å²) in [6, 6.07) is 0. The van der Waals surface area contributed by atoms with Crippen molar-refractivity contribution < 1.29 is 14.6 Å². The molecule has 0 aliphatic carbocycles. The van der Waals surface area contributed by atoms with Crippen molar-refractivity contribution in [1.29, 1.82) is 0 Å². The van der Waals surface area contributed by atoms with Crippen LogP contribution in [0.4, 0.5) is 0 Å². The van der Waals surface area contributed by atoms with Gasteiger partial charge in [-0.2, -0.15) is 0 Å². The average Bonchev–Trinajstić information content (AvgIpc) is 2.17. The second-order valence-corrected chi connectivity index (χ2v) is 3.20. The van der Waals surface area contributed by atoms with Gasteiger partial charge in [0.2, 0.25) is 0 Å². The lowest BCUT2D eigenvalue weighted by Crippen LogP contribution is -2.00. The van der Waals surface area contributed by atoms with Crippen LogP contribution in [0.1, 0.15) is 45.4 Å². The van der Waals surface area contributed by atoms with E-state index in [1.165, 1.54) is 31.8 Å². The van der Waals surface area contributed by atoms with Gasteiger partial charge < -0.3 is 9.84 Å². The van der Waals surface area contributed by atoms with Crippen molar-refractivity contribution in [3.8, 4) is 0 Å². The molecule has 0 aromatic rings. The third kappa shape index (κ3) is 9.26. The molecule has 0 saturated heterocycles. The van der Waals surface area contributed by atoms with E-state index in [9.17, 15) is 4.79 Å². The van der Waals surface area contributed by atoms with Crippen LogP contribution in [0.25, 0.3) is 0 Å². The van der Waals surface area contributed by atoms with Crippen LogP contribution in [0.5, 0.6) is 0 Å². The van der Waals surface area contributed by atoms with Gasteiger partial charge in [-0.3, -0.25) is 0 Å². The number of ether oxygens (including phenoxy) is 1. The van der Waals surface area contributed by atoms with Gasteiger partial charge in [0.25, 0.3) is 0 Å². The van der Waals surface area contributed by atoms with Gasteiger partial charge in [-0.05, 0) is 12.8 Å². The summed E-state index contributed by atoms with van der Waals surface area (Å²) < 4.78 is 4.32.